The highest BCUT2D eigenvalue weighted by Crippen LogP contribution is 2.30. The van der Waals surface area contributed by atoms with Crippen LogP contribution in [0.5, 0.6) is 11.5 Å². The van der Waals surface area contributed by atoms with Crippen molar-refractivity contribution in [1.82, 2.24) is 0 Å². The lowest BCUT2D eigenvalue weighted by molar-refractivity contribution is 0.467. The number of sulfone groups is 1. The number of para-hydroxylation sites is 2. The lowest BCUT2D eigenvalue weighted by atomic mass is 10.3. The van der Waals surface area contributed by atoms with E-state index in [9.17, 15) is 8.42 Å². The Hall–Kier alpha value is -1.81. The molecular weight excluding hydrogens is 260 g/mol. The predicted molar refractivity (Wildman–Crippen MR) is 75.3 cm³/mol. The highest BCUT2D eigenvalue weighted by molar-refractivity contribution is 7.92. The highest BCUT2D eigenvalue weighted by Gasteiger charge is 2.23. The average Bonchev–Trinajstić information content (AvgIpc) is 2.40. The Balaban J connectivity index is 2.43. The van der Waals surface area contributed by atoms with E-state index in [-0.39, 0.29) is 4.90 Å². The quantitative estimate of drug-likeness (QED) is 0.856. The number of rotatable bonds is 4. The summed E-state index contributed by atoms with van der Waals surface area (Å²) in [7, 11) is -3.35. The first kappa shape index (κ1) is 13.6. The van der Waals surface area contributed by atoms with Gasteiger partial charge in [-0.3, -0.25) is 0 Å². The summed E-state index contributed by atoms with van der Waals surface area (Å²) in [6.07, 6.45) is 0. The second kappa shape index (κ2) is 5.45. The van der Waals surface area contributed by atoms with E-state index in [1.54, 1.807) is 50.2 Å². The van der Waals surface area contributed by atoms with Crippen LogP contribution in [0.3, 0.4) is 0 Å². The van der Waals surface area contributed by atoms with Gasteiger partial charge in [-0.1, -0.05) is 30.3 Å². The maximum Gasteiger partial charge on any atom is 0.184 e. The molecule has 0 aliphatic carbocycles. The molecule has 0 bridgehead atoms. The Bertz CT molecular complexity index is 646. The van der Waals surface area contributed by atoms with E-state index in [2.05, 4.69) is 0 Å². The number of ether oxygens (including phenoxy) is 1. The van der Waals surface area contributed by atoms with Crippen LogP contribution in [0, 0.1) is 0 Å². The zero-order valence-electron chi connectivity index (χ0n) is 10.9. The van der Waals surface area contributed by atoms with E-state index in [0.717, 1.165) is 0 Å². The summed E-state index contributed by atoms with van der Waals surface area (Å²) in [5.74, 6) is 0.983. The standard InChI is InChI=1S/C15H16O3S/c1-12(2)19(16,17)15-11-7-6-10-14(15)18-13-8-4-3-5-9-13/h3-12H,1-2H3. The van der Waals surface area contributed by atoms with Crippen molar-refractivity contribution in [2.75, 3.05) is 0 Å². The van der Waals surface area contributed by atoms with Crippen LogP contribution in [0.25, 0.3) is 0 Å². The van der Waals surface area contributed by atoms with Gasteiger partial charge in [0, 0.05) is 0 Å². The fraction of sp³-hybridized carbons (Fsp3) is 0.200. The lowest BCUT2D eigenvalue weighted by Gasteiger charge is -2.13. The summed E-state index contributed by atoms with van der Waals surface area (Å²) < 4.78 is 30.2. The lowest BCUT2D eigenvalue weighted by Crippen LogP contribution is -2.14. The summed E-state index contributed by atoms with van der Waals surface area (Å²) in [5, 5.41) is -0.479. The molecular formula is C15H16O3S. The molecule has 2 aromatic carbocycles. The van der Waals surface area contributed by atoms with Gasteiger partial charge in [0.1, 0.15) is 16.4 Å². The molecule has 0 aliphatic rings. The van der Waals surface area contributed by atoms with Gasteiger partial charge in [0.2, 0.25) is 0 Å². The number of benzene rings is 2. The first-order valence-corrected chi connectivity index (χ1v) is 7.62. The van der Waals surface area contributed by atoms with Gasteiger partial charge in [-0.05, 0) is 38.1 Å². The van der Waals surface area contributed by atoms with Crippen LogP contribution < -0.4 is 4.74 Å². The molecule has 0 amide bonds. The summed E-state index contributed by atoms with van der Waals surface area (Å²) >= 11 is 0. The third-order valence-corrected chi connectivity index (χ3v) is 4.94. The zero-order valence-corrected chi connectivity index (χ0v) is 11.7. The second-order valence-corrected chi connectivity index (χ2v) is 6.93. The molecule has 4 heteroatoms. The second-order valence-electron chi connectivity index (χ2n) is 4.46. The molecule has 0 heterocycles. The van der Waals surface area contributed by atoms with Gasteiger partial charge >= 0.3 is 0 Å². The maximum absolute atomic E-state index is 12.3. The normalized spacial score (nSPS) is 11.5. The van der Waals surface area contributed by atoms with Crippen molar-refractivity contribution in [3.05, 3.63) is 54.6 Å². The molecule has 0 atom stereocenters. The molecule has 0 spiro atoms. The number of hydrogen-bond acceptors (Lipinski definition) is 3. The van der Waals surface area contributed by atoms with Crippen LogP contribution in [-0.4, -0.2) is 13.7 Å². The Labute approximate surface area is 113 Å². The molecule has 0 fully saturated rings. The molecule has 0 N–H and O–H groups in total. The van der Waals surface area contributed by atoms with Crippen LogP contribution in [-0.2, 0) is 9.84 Å². The Morgan fingerprint density at radius 1 is 0.895 bits per heavy atom. The molecule has 2 aromatic rings. The van der Waals surface area contributed by atoms with Gasteiger partial charge in [0.15, 0.2) is 9.84 Å². The Morgan fingerprint density at radius 2 is 1.47 bits per heavy atom. The van der Waals surface area contributed by atoms with E-state index in [1.165, 1.54) is 0 Å². The van der Waals surface area contributed by atoms with E-state index >= 15 is 0 Å². The fourth-order valence-corrected chi connectivity index (χ4v) is 2.81. The van der Waals surface area contributed by atoms with Gasteiger partial charge in [-0.25, -0.2) is 8.42 Å². The smallest absolute Gasteiger partial charge is 0.184 e. The molecule has 0 unspecified atom stereocenters. The monoisotopic (exact) mass is 276 g/mol. The molecule has 3 nitrogen and oxygen atoms in total. The predicted octanol–water partition coefficient (Wildman–Crippen LogP) is 3.66. The van der Waals surface area contributed by atoms with Crippen molar-refractivity contribution in [3.63, 3.8) is 0 Å². The van der Waals surface area contributed by atoms with Crippen molar-refractivity contribution in [2.45, 2.75) is 24.0 Å². The minimum Gasteiger partial charge on any atom is -0.456 e. The fourth-order valence-electron chi connectivity index (χ4n) is 1.64. The van der Waals surface area contributed by atoms with Crippen molar-refractivity contribution >= 4 is 9.84 Å². The van der Waals surface area contributed by atoms with Crippen LogP contribution in [0.1, 0.15) is 13.8 Å². The molecule has 2 rings (SSSR count). The molecule has 0 aromatic heterocycles. The van der Waals surface area contributed by atoms with Gasteiger partial charge in [0.05, 0.1) is 5.25 Å². The largest absolute Gasteiger partial charge is 0.456 e. The molecule has 19 heavy (non-hydrogen) atoms. The highest BCUT2D eigenvalue weighted by atomic mass is 32.2. The van der Waals surface area contributed by atoms with E-state index in [0.29, 0.717) is 11.5 Å². The third-order valence-electron chi connectivity index (χ3n) is 2.75. The van der Waals surface area contributed by atoms with Crippen LogP contribution in [0.15, 0.2) is 59.5 Å². The third kappa shape index (κ3) is 2.96. The SMILES string of the molecule is CC(C)S(=O)(=O)c1ccccc1Oc1ccccc1. The number of hydrogen-bond donors (Lipinski definition) is 0. The van der Waals surface area contributed by atoms with E-state index in [4.69, 9.17) is 4.74 Å². The molecule has 0 saturated heterocycles. The van der Waals surface area contributed by atoms with Crippen molar-refractivity contribution < 1.29 is 13.2 Å². The van der Waals surface area contributed by atoms with E-state index in [1.807, 2.05) is 18.2 Å². The summed E-state index contributed by atoms with van der Waals surface area (Å²) in [6, 6.07) is 15.9. The van der Waals surface area contributed by atoms with Crippen molar-refractivity contribution in [3.8, 4) is 11.5 Å². The van der Waals surface area contributed by atoms with E-state index < -0.39 is 15.1 Å². The summed E-state index contributed by atoms with van der Waals surface area (Å²) in [5.41, 5.74) is 0. The van der Waals surface area contributed by atoms with Crippen LogP contribution in [0.4, 0.5) is 0 Å². The molecule has 100 valence electrons. The van der Waals surface area contributed by atoms with Crippen molar-refractivity contribution in [1.29, 1.82) is 0 Å². The first-order valence-electron chi connectivity index (χ1n) is 6.07. The average molecular weight is 276 g/mol. The maximum atomic E-state index is 12.3. The van der Waals surface area contributed by atoms with Gasteiger partial charge in [0.25, 0.3) is 0 Å². The van der Waals surface area contributed by atoms with Gasteiger partial charge in [-0.2, -0.15) is 0 Å². The topological polar surface area (TPSA) is 43.4 Å². The zero-order chi connectivity index (χ0) is 13.9. The summed E-state index contributed by atoms with van der Waals surface area (Å²) in [6.45, 7) is 3.32. The molecule has 0 saturated carbocycles. The molecule has 0 radical (unpaired) electrons. The molecule has 0 aliphatic heterocycles. The Morgan fingerprint density at radius 3 is 2.11 bits per heavy atom. The van der Waals surface area contributed by atoms with Crippen LogP contribution in [0.2, 0.25) is 0 Å². The van der Waals surface area contributed by atoms with Crippen LogP contribution >= 0.6 is 0 Å². The van der Waals surface area contributed by atoms with Gasteiger partial charge < -0.3 is 4.74 Å². The minimum absolute atomic E-state index is 0.230. The minimum atomic E-state index is -3.35. The summed E-state index contributed by atoms with van der Waals surface area (Å²) in [4.78, 5) is 0.230. The van der Waals surface area contributed by atoms with Crippen molar-refractivity contribution in [2.24, 2.45) is 0 Å². The van der Waals surface area contributed by atoms with Gasteiger partial charge in [-0.15, -0.1) is 0 Å². The Kier molecular flexibility index (Phi) is 3.90. The first-order chi connectivity index (χ1) is 9.01.